The van der Waals surface area contributed by atoms with Crippen LogP contribution in [0.4, 0.5) is 0 Å². The van der Waals surface area contributed by atoms with Gasteiger partial charge in [-0.2, -0.15) is 12.6 Å². The minimum absolute atomic E-state index is 0.388. The van der Waals surface area contributed by atoms with Gasteiger partial charge in [-0.15, -0.1) is 0 Å². The van der Waals surface area contributed by atoms with Crippen LogP contribution in [0.2, 0.25) is 0 Å². The molecule has 1 aromatic rings. The monoisotopic (exact) mass is 242 g/mol. The van der Waals surface area contributed by atoms with E-state index >= 15 is 0 Å². The van der Waals surface area contributed by atoms with Crippen molar-refractivity contribution in [3.63, 3.8) is 0 Å². The lowest BCUT2D eigenvalue weighted by Crippen LogP contribution is -1.99. The van der Waals surface area contributed by atoms with Crippen molar-refractivity contribution < 1.29 is 9.47 Å². The Kier molecular flexibility index (Phi) is 7.90. The van der Waals surface area contributed by atoms with Crippen molar-refractivity contribution in [1.82, 2.24) is 0 Å². The molecule has 92 valence electrons. The molecule has 1 rings (SSSR count). The molecule has 0 aliphatic heterocycles. The Morgan fingerprint density at radius 2 is 1.81 bits per heavy atom. The smallest absolute Gasteiger partial charge is 0.126 e. The lowest BCUT2D eigenvalue weighted by Gasteiger charge is -2.14. The van der Waals surface area contributed by atoms with Crippen molar-refractivity contribution in [2.24, 2.45) is 0 Å². The van der Waals surface area contributed by atoms with E-state index in [-0.39, 0.29) is 0 Å². The van der Waals surface area contributed by atoms with Gasteiger partial charge < -0.3 is 9.47 Å². The topological polar surface area (TPSA) is 18.5 Å². The maximum Gasteiger partial charge on any atom is 0.126 e. The fraction of sp³-hybridized carbons (Fsp3) is 0.538. The summed E-state index contributed by atoms with van der Waals surface area (Å²) < 4.78 is 10.4. The zero-order valence-corrected chi connectivity index (χ0v) is 11.7. The summed E-state index contributed by atoms with van der Waals surface area (Å²) in [6, 6.07) is 5.87. The average Bonchev–Trinajstić information content (AvgIpc) is 2.39. The van der Waals surface area contributed by atoms with E-state index in [2.05, 4.69) is 19.6 Å². The maximum atomic E-state index is 5.30. The molecule has 3 heteroatoms. The Hall–Kier alpha value is -0.830. The Morgan fingerprint density at radius 3 is 2.25 bits per heavy atom. The summed E-state index contributed by atoms with van der Waals surface area (Å²) in [6.45, 7) is 6.12. The number of methoxy groups -OCH3 is 2. The molecule has 1 aromatic carbocycles. The first-order valence-corrected chi connectivity index (χ1v) is 6.19. The number of hydrogen-bond acceptors (Lipinski definition) is 3. The predicted octanol–water partition coefficient (Wildman–Crippen LogP) is 3.76. The number of benzene rings is 1. The summed E-state index contributed by atoms with van der Waals surface area (Å²) in [6.07, 6.45) is 0. The van der Waals surface area contributed by atoms with Gasteiger partial charge in [0, 0.05) is 6.07 Å². The third kappa shape index (κ3) is 3.97. The Morgan fingerprint density at radius 1 is 1.19 bits per heavy atom. The third-order valence-electron chi connectivity index (χ3n) is 2.25. The van der Waals surface area contributed by atoms with E-state index in [4.69, 9.17) is 9.47 Å². The molecule has 2 nitrogen and oxygen atoms in total. The SMILES string of the molecule is CC.COc1ccc(C(C)CS)c(OC)c1. The van der Waals surface area contributed by atoms with Gasteiger partial charge in [-0.1, -0.05) is 26.8 Å². The summed E-state index contributed by atoms with van der Waals surface area (Å²) in [5.74, 6) is 2.88. The molecule has 0 radical (unpaired) electrons. The first-order chi connectivity index (χ1) is 7.72. The summed E-state index contributed by atoms with van der Waals surface area (Å²) in [7, 11) is 3.32. The molecule has 0 aromatic heterocycles. The van der Waals surface area contributed by atoms with Crippen LogP contribution in [0.15, 0.2) is 18.2 Å². The molecule has 0 aliphatic rings. The molecular weight excluding hydrogens is 220 g/mol. The number of rotatable bonds is 4. The maximum absolute atomic E-state index is 5.30. The van der Waals surface area contributed by atoms with Gasteiger partial charge in [-0.3, -0.25) is 0 Å². The molecule has 1 unspecified atom stereocenters. The van der Waals surface area contributed by atoms with E-state index in [1.165, 1.54) is 5.56 Å². The van der Waals surface area contributed by atoms with Crippen molar-refractivity contribution in [3.8, 4) is 11.5 Å². The third-order valence-corrected chi connectivity index (χ3v) is 2.79. The van der Waals surface area contributed by atoms with E-state index in [0.29, 0.717) is 5.92 Å². The van der Waals surface area contributed by atoms with E-state index < -0.39 is 0 Å². The van der Waals surface area contributed by atoms with Gasteiger partial charge in [-0.05, 0) is 23.3 Å². The second-order valence-corrected chi connectivity index (χ2v) is 3.56. The van der Waals surface area contributed by atoms with Crippen LogP contribution in [0.1, 0.15) is 32.3 Å². The predicted molar refractivity (Wildman–Crippen MR) is 73.2 cm³/mol. The van der Waals surface area contributed by atoms with Crippen molar-refractivity contribution in [2.75, 3.05) is 20.0 Å². The van der Waals surface area contributed by atoms with Gasteiger partial charge >= 0.3 is 0 Å². The highest BCUT2D eigenvalue weighted by atomic mass is 32.1. The van der Waals surface area contributed by atoms with E-state index in [1.807, 2.05) is 32.0 Å². The van der Waals surface area contributed by atoms with Crippen LogP contribution >= 0.6 is 12.6 Å². The molecule has 1 atom stereocenters. The van der Waals surface area contributed by atoms with Gasteiger partial charge in [0.1, 0.15) is 11.5 Å². The van der Waals surface area contributed by atoms with Crippen molar-refractivity contribution in [2.45, 2.75) is 26.7 Å². The summed E-state index contributed by atoms with van der Waals surface area (Å²) in [5.41, 5.74) is 1.17. The van der Waals surface area contributed by atoms with Gasteiger partial charge in [0.2, 0.25) is 0 Å². The Labute approximate surface area is 104 Å². The second kappa shape index (κ2) is 8.34. The molecule has 0 spiro atoms. The number of hydrogen-bond donors (Lipinski definition) is 1. The highest BCUT2D eigenvalue weighted by Crippen LogP contribution is 2.30. The number of ether oxygens (including phenoxy) is 2. The summed E-state index contributed by atoms with van der Waals surface area (Å²) in [4.78, 5) is 0. The molecule has 0 bridgehead atoms. The van der Waals surface area contributed by atoms with Crippen LogP contribution in [0.5, 0.6) is 11.5 Å². The quantitative estimate of drug-likeness (QED) is 0.810. The number of thiol groups is 1. The minimum atomic E-state index is 0.388. The molecule has 0 N–H and O–H groups in total. The molecule has 0 aliphatic carbocycles. The molecule has 0 fully saturated rings. The van der Waals surface area contributed by atoms with Crippen LogP contribution in [-0.4, -0.2) is 20.0 Å². The molecule has 0 saturated heterocycles. The van der Waals surface area contributed by atoms with Crippen LogP contribution in [0.3, 0.4) is 0 Å². The standard InChI is InChI=1S/C11H16O2S.C2H6/c1-8(7-14)10-5-4-9(12-2)6-11(10)13-3;1-2/h4-6,8,14H,7H2,1-3H3;1-2H3. The fourth-order valence-electron chi connectivity index (χ4n) is 1.32. The lowest BCUT2D eigenvalue weighted by atomic mass is 10.0. The van der Waals surface area contributed by atoms with Gasteiger partial charge in [0.05, 0.1) is 14.2 Å². The normalized spacial score (nSPS) is 11.1. The molecule has 16 heavy (non-hydrogen) atoms. The van der Waals surface area contributed by atoms with Gasteiger partial charge in [0.25, 0.3) is 0 Å². The average molecular weight is 242 g/mol. The van der Waals surface area contributed by atoms with Gasteiger partial charge in [0.15, 0.2) is 0 Å². The van der Waals surface area contributed by atoms with Gasteiger partial charge in [-0.25, -0.2) is 0 Å². The minimum Gasteiger partial charge on any atom is -0.497 e. The van der Waals surface area contributed by atoms with Crippen LogP contribution in [0, 0.1) is 0 Å². The van der Waals surface area contributed by atoms with Crippen LogP contribution < -0.4 is 9.47 Å². The fourth-order valence-corrected chi connectivity index (χ4v) is 1.52. The highest BCUT2D eigenvalue weighted by molar-refractivity contribution is 7.80. The van der Waals surface area contributed by atoms with Crippen LogP contribution in [-0.2, 0) is 0 Å². The zero-order valence-electron chi connectivity index (χ0n) is 10.8. The zero-order chi connectivity index (χ0) is 12.6. The largest absolute Gasteiger partial charge is 0.497 e. The first kappa shape index (κ1) is 15.2. The molecular formula is C13H22O2S. The lowest BCUT2D eigenvalue weighted by molar-refractivity contribution is 0.390. The summed E-state index contributed by atoms with van der Waals surface area (Å²) >= 11 is 4.27. The first-order valence-electron chi connectivity index (χ1n) is 5.55. The Bertz CT molecular complexity index is 300. The van der Waals surface area contributed by atoms with Crippen molar-refractivity contribution in [1.29, 1.82) is 0 Å². The van der Waals surface area contributed by atoms with Crippen LogP contribution in [0.25, 0.3) is 0 Å². The van der Waals surface area contributed by atoms with Crippen molar-refractivity contribution in [3.05, 3.63) is 23.8 Å². The molecule has 0 amide bonds. The summed E-state index contributed by atoms with van der Waals surface area (Å²) in [5, 5.41) is 0. The Balaban J connectivity index is 0.00000106. The van der Waals surface area contributed by atoms with E-state index in [1.54, 1.807) is 14.2 Å². The van der Waals surface area contributed by atoms with Crippen molar-refractivity contribution >= 4 is 12.6 Å². The second-order valence-electron chi connectivity index (χ2n) is 3.19. The molecule has 0 heterocycles. The van der Waals surface area contributed by atoms with E-state index in [9.17, 15) is 0 Å². The van der Waals surface area contributed by atoms with E-state index in [0.717, 1.165) is 17.3 Å². The molecule has 0 saturated carbocycles. The highest BCUT2D eigenvalue weighted by Gasteiger charge is 2.10.